The first-order chi connectivity index (χ1) is 4.33. The topological polar surface area (TPSA) is 119 Å². The third-order valence-corrected chi connectivity index (χ3v) is 1.45. The molecule has 0 radical (unpaired) electrons. The van der Waals surface area contributed by atoms with Crippen LogP contribution >= 0.6 is 7.82 Å². The number of phosphoric acid groups is 1. The van der Waals surface area contributed by atoms with Crippen molar-refractivity contribution in [3.8, 4) is 0 Å². The van der Waals surface area contributed by atoms with Crippen molar-refractivity contribution < 1.29 is 18.9 Å². The Morgan fingerprint density at radius 3 is 2.00 bits per heavy atom. The van der Waals surface area contributed by atoms with Crippen molar-refractivity contribution in [2.24, 2.45) is 11.5 Å². The molecule has 0 fully saturated rings. The van der Waals surface area contributed by atoms with E-state index in [9.17, 15) is 4.57 Å². The van der Waals surface area contributed by atoms with Crippen molar-refractivity contribution in [2.45, 2.75) is 19.2 Å². The number of nitrogens with two attached hydrogens (primary N) is 2. The Balaban J connectivity index is 3.80. The van der Waals surface area contributed by atoms with Crippen LogP contribution < -0.4 is 11.5 Å². The van der Waals surface area contributed by atoms with Gasteiger partial charge in [0.1, 0.15) is 0 Å². The molecule has 10 heavy (non-hydrogen) atoms. The van der Waals surface area contributed by atoms with Crippen molar-refractivity contribution in [1.82, 2.24) is 0 Å². The molecule has 6 nitrogen and oxygen atoms in total. The van der Waals surface area contributed by atoms with Crippen molar-refractivity contribution in [3.63, 3.8) is 0 Å². The Kier molecular flexibility index (Phi) is 3.44. The van der Waals surface area contributed by atoms with Crippen LogP contribution in [0.1, 0.15) is 6.92 Å². The van der Waals surface area contributed by atoms with Crippen LogP contribution in [0.2, 0.25) is 0 Å². The summed E-state index contributed by atoms with van der Waals surface area (Å²) in [6, 6.07) is 0. The molecule has 62 valence electrons. The van der Waals surface area contributed by atoms with E-state index in [4.69, 9.17) is 21.3 Å². The van der Waals surface area contributed by atoms with Gasteiger partial charge in [-0.15, -0.1) is 0 Å². The molecule has 7 heteroatoms. The van der Waals surface area contributed by atoms with Gasteiger partial charge in [0.05, 0.1) is 12.3 Å². The molecule has 0 aliphatic carbocycles. The highest BCUT2D eigenvalue weighted by atomic mass is 31.2. The molecule has 0 spiro atoms. The van der Waals surface area contributed by atoms with E-state index in [2.05, 4.69) is 4.52 Å². The van der Waals surface area contributed by atoms with Gasteiger partial charge in [0, 0.05) is 0 Å². The minimum atomic E-state index is -4.44. The molecule has 0 aromatic heterocycles. The molecular weight excluding hydrogens is 159 g/mol. The Morgan fingerprint density at radius 2 is 1.90 bits per heavy atom. The van der Waals surface area contributed by atoms with E-state index in [-0.39, 0.29) is 0 Å². The molecule has 0 heterocycles. The van der Waals surface area contributed by atoms with Crippen LogP contribution in [0.3, 0.4) is 0 Å². The molecule has 1 unspecified atom stereocenters. The summed E-state index contributed by atoms with van der Waals surface area (Å²) >= 11 is 0. The first kappa shape index (κ1) is 10.0. The molecule has 0 aromatic carbocycles. The lowest BCUT2D eigenvalue weighted by Crippen LogP contribution is -2.41. The number of rotatable bonds is 3. The molecule has 0 rings (SSSR count). The molecule has 6 N–H and O–H groups in total. The van der Waals surface area contributed by atoms with E-state index in [0.29, 0.717) is 0 Å². The van der Waals surface area contributed by atoms with Gasteiger partial charge in [-0.3, -0.25) is 4.52 Å². The van der Waals surface area contributed by atoms with Crippen LogP contribution in [0.5, 0.6) is 0 Å². The Hall–Kier alpha value is 0.0300. The van der Waals surface area contributed by atoms with Gasteiger partial charge in [-0.05, 0) is 6.92 Å². The van der Waals surface area contributed by atoms with Crippen molar-refractivity contribution in [2.75, 3.05) is 0 Å². The van der Waals surface area contributed by atoms with Gasteiger partial charge in [0.2, 0.25) is 0 Å². The largest absolute Gasteiger partial charge is 0.469 e. The summed E-state index contributed by atoms with van der Waals surface area (Å²) in [5, 5.41) is 0. The van der Waals surface area contributed by atoms with Crippen LogP contribution in [0.15, 0.2) is 0 Å². The molecule has 0 saturated heterocycles. The average molecular weight is 170 g/mol. The maximum Gasteiger partial charge on any atom is 0.469 e. The lowest BCUT2D eigenvalue weighted by atomic mass is 10.3. The van der Waals surface area contributed by atoms with Gasteiger partial charge in [0.15, 0.2) is 0 Å². The summed E-state index contributed by atoms with van der Waals surface area (Å²) in [6.07, 6.45) is -1.73. The maximum absolute atomic E-state index is 10.1. The highest BCUT2D eigenvalue weighted by molar-refractivity contribution is 7.46. The van der Waals surface area contributed by atoms with E-state index in [1.807, 2.05) is 0 Å². The Labute approximate surface area is 58.4 Å². The fourth-order valence-corrected chi connectivity index (χ4v) is 0.861. The van der Waals surface area contributed by atoms with E-state index in [1.54, 1.807) is 0 Å². The molecule has 0 aromatic rings. The van der Waals surface area contributed by atoms with Crippen LogP contribution in [-0.2, 0) is 9.09 Å². The van der Waals surface area contributed by atoms with E-state index < -0.39 is 20.1 Å². The second kappa shape index (κ2) is 3.43. The Morgan fingerprint density at radius 1 is 1.50 bits per heavy atom. The predicted octanol–water partition coefficient (Wildman–Crippen LogP) is -1.27. The lowest BCUT2D eigenvalue weighted by molar-refractivity contribution is 0.127. The van der Waals surface area contributed by atoms with Crippen molar-refractivity contribution in [1.29, 1.82) is 0 Å². The molecule has 1 atom stereocenters. The van der Waals surface area contributed by atoms with E-state index in [1.165, 1.54) is 6.92 Å². The van der Waals surface area contributed by atoms with Crippen molar-refractivity contribution in [3.05, 3.63) is 0 Å². The first-order valence-electron chi connectivity index (χ1n) is 2.58. The molecule has 0 aliphatic rings. The third-order valence-electron chi connectivity index (χ3n) is 0.846. The van der Waals surface area contributed by atoms with Gasteiger partial charge in [-0.2, -0.15) is 0 Å². The SMILES string of the molecule is CC(OP(=O)(O)O)C(N)N. The summed E-state index contributed by atoms with van der Waals surface area (Å²) in [4.78, 5) is 16.4. The third kappa shape index (κ3) is 4.87. The quantitative estimate of drug-likeness (QED) is 0.309. The summed E-state index contributed by atoms with van der Waals surface area (Å²) in [5.41, 5.74) is 10.1. The zero-order valence-electron chi connectivity index (χ0n) is 5.47. The number of hydrogen-bond acceptors (Lipinski definition) is 4. The van der Waals surface area contributed by atoms with Crippen molar-refractivity contribution >= 4 is 7.82 Å². The van der Waals surface area contributed by atoms with E-state index in [0.717, 1.165) is 0 Å². The molecule has 0 saturated carbocycles. The minimum absolute atomic E-state index is 0.846. The zero-order chi connectivity index (χ0) is 8.36. The zero-order valence-corrected chi connectivity index (χ0v) is 6.36. The standard InChI is InChI=1S/C3H11N2O4P/c1-2(3(4)5)9-10(6,7)8/h2-3H,4-5H2,1H3,(H2,6,7,8). The highest BCUT2D eigenvalue weighted by Gasteiger charge is 2.21. The normalized spacial score (nSPS) is 15.8. The molecule has 0 amide bonds. The maximum atomic E-state index is 10.1. The summed E-state index contributed by atoms with van der Waals surface area (Å²) in [6.45, 7) is 1.38. The van der Waals surface area contributed by atoms with E-state index >= 15 is 0 Å². The second-order valence-corrected chi connectivity index (χ2v) is 3.07. The second-order valence-electron chi connectivity index (χ2n) is 1.88. The minimum Gasteiger partial charge on any atom is -0.314 e. The van der Waals surface area contributed by atoms with Crippen LogP contribution in [-0.4, -0.2) is 22.1 Å². The smallest absolute Gasteiger partial charge is 0.314 e. The van der Waals surface area contributed by atoms with Gasteiger partial charge >= 0.3 is 7.82 Å². The van der Waals surface area contributed by atoms with Crippen LogP contribution in [0.25, 0.3) is 0 Å². The van der Waals surface area contributed by atoms with Crippen LogP contribution in [0.4, 0.5) is 0 Å². The van der Waals surface area contributed by atoms with Gasteiger partial charge in [-0.1, -0.05) is 0 Å². The first-order valence-corrected chi connectivity index (χ1v) is 4.11. The molecule has 0 aliphatic heterocycles. The monoisotopic (exact) mass is 170 g/mol. The van der Waals surface area contributed by atoms with Gasteiger partial charge < -0.3 is 21.3 Å². The lowest BCUT2D eigenvalue weighted by Gasteiger charge is -2.16. The number of phosphoric ester groups is 1. The van der Waals surface area contributed by atoms with Crippen LogP contribution in [0, 0.1) is 0 Å². The van der Waals surface area contributed by atoms with Gasteiger partial charge in [-0.25, -0.2) is 4.57 Å². The number of hydrogen-bond donors (Lipinski definition) is 4. The fraction of sp³-hybridized carbons (Fsp3) is 1.00. The Bertz CT molecular complexity index is 143. The molecule has 0 bridgehead atoms. The summed E-state index contributed by atoms with van der Waals surface area (Å²) in [7, 11) is -4.44. The predicted molar refractivity (Wildman–Crippen MR) is 34.8 cm³/mol. The summed E-state index contributed by atoms with van der Waals surface area (Å²) in [5.74, 6) is 0. The highest BCUT2D eigenvalue weighted by Crippen LogP contribution is 2.37. The fourth-order valence-electron chi connectivity index (χ4n) is 0.287. The van der Waals surface area contributed by atoms with Gasteiger partial charge in [0.25, 0.3) is 0 Å². The average Bonchev–Trinajstić information content (AvgIpc) is 1.60. The molecular formula is C3H11N2O4P. The summed E-state index contributed by atoms with van der Waals surface area (Å²) < 4.78 is 14.2.